The Bertz CT molecular complexity index is 402. The van der Waals surface area contributed by atoms with Gasteiger partial charge in [0.1, 0.15) is 0 Å². The van der Waals surface area contributed by atoms with Gasteiger partial charge >= 0.3 is 0 Å². The molecular formula is C12H15N3. The van der Waals surface area contributed by atoms with Crippen molar-refractivity contribution >= 4 is 11.4 Å². The largest absolute Gasteiger partial charge is 0.397 e. The summed E-state index contributed by atoms with van der Waals surface area (Å²) in [6.07, 6.45) is 3.80. The first-order chi connectivity index (χ1) is 7.22. The van der Waals surface area contributed by atoms with E-state index in [0.717, 1.165) is 5.69 Å². The lowest BCUT2D eigenvalue weighted by Crippen LogP contribution is -2.37. The average Bonchev–Trinajstić information content (AvgIpc) is 2.14. The van der Waals surface area contributed by atoms with Gasteiger partial charge in [0.25, 0.3) is 0 Å². The van der Waals surface area contributed by atoms with Crippen LogP contribution in [0.25, 0.3) is 0 Å². The number of nitriles is 1. The Balaban J connectivity index is 2.24. The van der Waals surface area contributed by atoms with Gasteiger partial charge in [-0.25, -0.2) is 0 Å². The van der Waals surface area contributed by atoms with E-state index in [1.807, 2.05) is 12.1 Å². The summed E-state index contributed by atoms with van der Waals surface area (Å²) in [5.74, 6) is 0. The summed E-state index contributed by atoms with van der Waals surface area (Å²) >= 11 is 0. The van der Waals surface area contributed by atoms with E-state index in [1.165, 1.54) is 19.3 Å². The molecule has 3 heteroatoms. The Morgan fingerprint density at radius 3 is 2.67 bits per heavy atom. The topological polar surface area (TPSA) is 53.0 Å². The highest BCUT2D eigenvalue weighted by Gasteiger charge is 2.23. The van der Waals surface area contributed by atoms with Crippen molar-refractivity contribution in [3.8, 4) is 6.07 Å². The molecule has 0 bridgehead atoms. The molecule has 2 rings (SSSR count). The lowest BCUT2D eigenvalue weighted by atomic mass is 9.91. The van der Waals surface area contributed by atoms with Crippen molar-refractivity contribution in [3.05, 3.63) is 23.8 Å². The zero-order valence-electron chi connectivity index (χ0n) is 8.90. The molecule has 78 valence electrons. The van der Waals surface area contributed by atoms with Gasteiger partial charge in [-0.1, -0.05) is 0 Å². The van der Waals surface area contributed by atoms with Crippen molar-refractivity contribution in [2.24, 2.45) is 0 Å². The Kier molecular flexibility index (Phi) is 2.51. The monoisotopic (exact) mass is 201 g/mol. The maximum atomic E-state index is 8.74. The molecule has 0 atom stereocenters. The number of nitrogens with two attached hydrogens (primary N) is 1. The van der Waals surface area contributed by atoms with Crippen molar-refractivity contribution in [2.75, 3.05) is 17.7 Å². The molecule has 1 aliphatic carbocycles. The summed E-state index contributed by atoms with van der Waals surface area (Å²) in [6.45, 7) is 0. The minimum Gasteiger partial charge on any atom is -0.397 e. The number of hydrogen-bond acceptors (Lipinski definition) is 3. The standard InChI is InChI=1S/C12H15N3/c1-15(10-3-2-4-10)12-6-5-9(8-13)7-11(12)14/h5-7,10H,2-4,14H2,1H3. The van der Waals surface area contributed by atoms with Gasteiger partial charge in [0.15, 0.2) is 0 Å². The highest BCUT2D eigenvalue weighted by molar-refractivity contribution is 5.69. The molecule has 0 amide bonds. The number of anilines is 2. The quantitative estimate of drug-likeness (QED) is 0.746. The first-order valence-electron chi connectivity index (χ1n) is 5.25. The second-order valence-corrected chi connectivity index (χ2v) is 4.08. The Morgan fingerprint density at radius 2 is 2.20 bits per heavy atom. The number of nitrogens with zero attached hydrogens (tertiary/aromatic N) is 2. The van der Waals surface area contributed by atoms with Gasteiger partial charge in [0.2, 0.25) is 0 Å². The third kappa shape index (κ3) is 1.75. The predicted molar refractivity (Wildman–Crippen MR) is 61.6 cm³/mol. The minimum absolute atomic E-state index is 0.623. The lowest BCUT2D eigenvalue weighted by Gasteiger charge is -2.37. The van der Waals surface area contributed by atoms with E-state index in [2.05, 4.69) is 18.0 Å². The van der Waals surface area contributed by atoms with Crippen LogP contribution in [0, 0.1) is 11.3 Å². The molecule has 0 radical (unpaired) electrons. The zero-order chi connectivity index (χ0) is 10.8. The summed E-state index contributed by atoms with van der Waals surface area (Å²) < 4.78 is 0. The van der Waals surface area contributed by atoms with Crippen LogP contribution in [-0.4, -0.2) is 13.1 Å². The summed E-state index contributed by atoms with van der Waals surface area (Å²) in [5, 5.41) is 8.74. The smallest absolute Gasteiger partial charge is 0.0992 e. The van der Waals surface area contributed by atoms with Crippen LogP contribution in [0.4, 0.5) is 11.4 Å². The molecule has 2 N–H and O–H groups in total. The van der Waals surface area contributed by atoms with Crippen LogP contribution in [0.3, 0.4) is 0 Å². The molecule has 1 aromatic carbocycles. The molecule has 1 aliphatic rings. The first-order valence-corrected chi connectivity index (χ1v) is 5.25. The summed E-state index contributed by atoms with van der Waals surface area (Å²) in [4.78, 5) is 2.22. The molecule has 1 fully saturated rings. The lowest BCUT2D eigenvalue weighted by molar-refractivity contribution is 0.401. The molecule has 15 heavy (non-hydrogen) atoms. The Labute approximate surface area is 90.1 Å². The van der Waals surface area contributed by atoms with Crippen molar-refractivity contribution in [2.45, 2.75) is 25.3 Å². The van der Waals surface area contributed by atoms with Crippen LogP contribution in [0.2, 0.25) is 0 Å². The summed E-state index contributed by atoms with van der Waals surface area (Å²) in [6, 6.07) is 8.22. The molecule has 1 saturated carbocycles. The highest BCUT2D eigenvalue weighted by Crippen LogP contribution is 2.31. The van der Waals surface area contributed by atoms with Crippen molar-refractivity contribution in [1.29, 1.82) is 5.26 Å². The molecule has 0 unspecified atom stereocenters. The van der Waals surface area contributed by atoms with Gasteiger partial charge in [0.05, 0.1) is 23.0 Å². The first kappa shape index (κ1) is 9.85. The van der Waals surface area contributed by atoms with E-state index in [-0.39, 0.29) is 0 Å². The van der Waals surface area contributed by atoms with E-state index in [0.29, 0.717) is 17.3 Å². The summed E-state index contributed by atoms with van der Waals surface area (Å²) in [5.41, 5.74) is 8.28. The van der Waals surface area contributed by atoms with Gasteiger partial charge in [0, 0.05) is 13.1 Å². The van der Waals surface area contributed by atoms with Gasteiger partial charge in [-0.05, 0) is 37.5 Å². The normalized spacial score (nSPS) is 15.5. The van der Waals surface area contributed by atoms with Crippen molar-refractivity contribution < 1.29 is 0 Å². The SMILES string of the molecule is CN(c1ccc(C#N)cc1N)C1CCC1. The fraction of sp³-hybridized carbons (Fsp3) is 0.417. The second-order valence-electron chi connectivity index (χ2n) is 4.08. The number of rotatable bonds is 2. The van der Waals surface area contributed by atoms with Crippen LogP contribution < -0.4 is 10.6 Å². The molecular weight excluding hydrogens is 186 g/mol. The summed E-state index contributed by atoms with van der Waals surface area (Å²) in [7, 11) is 2.07. The van der Waals surface area contributed by atoms with E-state index in [1.54, 1.807) is 6.07 Å². The van der Waals surface area contributed by atoms with Gasteiger partial charge in [-0.3, -0.25) is 0 Å². The number of benzene rings is 1. The highest BCUT2D eigenvalue weighted by atomic mass is 15.1. The Hall–Kier alpha value is -1.69. The second kappa shape index (κ2) is 3.82. The fourth-order valence-electron chi connectivity index (χ4n) is 1.92. The van der Waals surface area contributed by atoms with Crippen LogP contribution >= 0.6 is 0 Å². The number of nitrogen functional groups attached to an aromatic ring is 1. The zero-order valence-corrected chi connectivity index (χ0v) is 8.90. The maximum absolute atomic E-state index is 8.74. The van der Waals surface area contributed by atoms with Gasteiger partial charge in [-0.15, -0.1) is 0 Å². The molecule has 0 aliphatic heterocycles. The minimum atomic E-state index is 0.623. The molecule has 0 aromatic heterocycles. The third-order valence-corrected chi connectivity index (χ3v) is 3.16. The van der Waals surface area contributed by atoms with E-state index < -0.39 is 0 Å². The van der Waals surface area contributed by atoms with Crippen molar-refractivity contribution in [1.82, 2.24) is 0 Å². The average molecular weight is 201 g/mol. The van der Waals surface area contributed by atoms with Crippen molar-refractivity contribution in [3.63, 3.8) is 0 Å². The predicted octanol–water partition coefficient (Wildman–Crippen LogP) is 2.13. The van der Waals surface area contributed by atoms with Crippen LogP contribution in [0.1, 0.15) is 24.8 Å². The van der Waals surface area contributed by atoms with Crippen LogP contribution in [0.5, 0.6) is 0 Å². The molecule has 0 heterocycles. The molecule has 0 spiro atoms. The molecule has 0 saturated heterocycles. The van der Waals surface area contributed by atoms with E-state index >= 15 is 0 Å². The Morgan fingerprint density at radius 1 is 1.47 bits per heavy atom. The van der Waals surface area contributed by atoms with Gasteiger partial charge < -0.3 is 10.6 Å². The molecule has 3 nitrogen and oxygen atoms in total. The third-order valence-electron chi connectivity index (χ3n) is 3.16. The van der Waals surface area contributed by atoms with E-state index in [4.69, 9.17) is 11.0 Å². The van der Waals surface area contributed by atoms with E-state index in [9.17, 15) is 0 Å². The fourth-order valence-corrected chi connectivity index (χ4v) is 1.92. The number of hydrogen-bond donors (Lipinski definition) is 1. The van der Waals surface area contributed by atoms with Crippen LogP contribution in [-0.2, 0) is 0 Å². The van der Waals surface area contributed by atoms with Crippen LogP contribution in [0.15, 0.2) is 18.2 Å². The van der Waals surface area contributed by atoms with Gasteiger partial charge in [-0.2, -0.15) is 5.26 Å². The molecule has 1 aromatic rings. The maximum Gasteiger partial charge on any atom is 0.0992 e.